The Morgan fingerprint density at radius 3 is 1.81 bits per heavy atom. The summed E-state index contributed by atoms with van der Waals surface area (Å²) in [7, 11) is 0. The average molecular weight is 373 g/mol. The van der Waals surface area contributed by atoms with Gasteiger partial charge in [0.15, 0.2) is 0 Å². The number of primary amides is 1. The largest absolute Gasteiger partial charge is 0.370 e. The Labute approximate surface area is 159 Å². The summed E-state index contributed by atoms with van der Waals surface area (Å²) in [5, 5.41) is 5.52. The molecule has 0 aliphatic rings. The Hall–Kier alpha value is -1.63. The lowest BCUT2D eigenvalue weighted by atomic mass is 10.1. The van der Waals surface area contributed by atoms with Crippen LogP contribution >= 0.6 is 0 Å². The van der Waals surface area contributed by atoms with Gasteiger partial charge in [-0.15, -0.1) is 0 Å². The first-order valence-corrected chi connectivity index (χ1v) is 9.93. The molecule has 0 aromatic heterocycles. The Bertz CT molecular complexity index is 363. The van der Waals surface area contributed by atoms with Gasteiger partial charge < -0.3 is 22.1 Å². The molecule has 0 spiro atoms. The highest BCUT2D eigenvalue weighted by atomic mass is 16.2. The minimum Gasteiger partial charge on any atom is -0.370 e. The predicted octanol–water partition coefficient (Wildman–Crippen LogP) is 1.98. The van der Waals surface area contributed by atoms with E-state index in [0.717, 1.165) is 45.2 Å². The van der Waals surface area contributed by atoms with Crippen molar-refractivity contribution in [3.63, 3.8) is 0 Å². The van der Waals surface area contributed by atoms with Crippen LogP contribution in [0.3, 0.4) is 0 Å². The van der Waals surface area contributed by atoms with E-state index in [0.29, 0.717) is 6.54 Å². The fraction of sp³-hybridized carbons (Fsp3) is 0.842. The van der Waals surface area contributed by atoms with Crippen molar-refractivity contribution in [1.29, 1.82) is 0 Å². The van der Waals surface area contributed by atoms with Crippen LogP contribution in [0.1, 0.15) is 84.5 Å². The normalized spacial score (nSPS) is 9.81. The minimum absolute atomic E-state index is 0.0838. The zero-order valence-electron chi connectivity index (χ0n) is 16.8. The van der Waals surface area contributed by atoms with Crippen molar-refractivity contribution < 1.29 is 14.4 Å². The van der Waals surface area contributed by atoms with E-state index in [1.165, 1.54) is 25.7 Å². The van der Waals surface area contributed by atoms with Gasteiger partial charge in [-0.1, -0.05) is 45.4 Å². The van der Waals surface area contributed by atoms with Gasteiger partial charge in [0.1, 0.15) is 0 Å². The van der Waals surface area contributed by atoms with Crippen molar-refractivity contribution in [1.82, 2.24) is 10.6 Å². The lowest BCUT2D eigenvalue weighted by molar-refractivity contribution is -0.125. The second-order valence-electron chi connectivity index (χ2n) is 6.42. The monoisotopic (exact) mass is 372 g/mol. The molecule has 3 amide bonds. The Balaban J connectivity index is 0. The van der Waals surface area contributed by atoms with Crippen LogP contribution in [0, 0.1) is 0 Å². The van der Waals surface area contributed by atoms with Gasteiger partial charge in [0.25, 0.3) is 0 Å². The molecule has 26 heavy (non-hydrogen) atoms. The Kier molecular flexibility index (Phi) is 21.9. The van der Waals surface area contributed by atoms with Crippen LogP contribution in [0.15, 0.2) is 0 Å². The minimum atomic E-state index is -0.437. The molecule has 0 aliphatic heterocycles. The SMILES string of the molecule is CCCCCCCNC(C)=O.NCCCCCCNC(=O)CCC(N)=O. The third-order valence-corrected chi connectivity index (χ3v) is 3.71. The summed E-state index contributed by atoms with van der Waals surface area (Å²) < 4.78 is 0. The second-order valence-corrected chi connectivity index (χ2v) is 6.42. The van der Waals surface area contributed by atoms with Gasteiger partial charge in [0.2, 0.25) is 17.7 Å². The lowest BCUT2D eigenvalue weighted by Gasteiger charge is -2.03. The van der Waals surface area contributed by atoms with Gasteiger partial charge in [0, 0.05) is 32.9 Å². The zero-order valence-corrected chi connectivity index (χ0v) is 16.8. The van der Waals surface area contributed by atoms with Crippen LogP contribution in [0.5, 0.6) is 0 Å². The van der Waals surface area contributed by atoms with Crippen molar-refractivity contribution >= 4 is 17.7 Å². The molecule has 0 saturated carbocycles. The molecule has 0 bridgehead atoms. The van der Waals surface area contributed by atoms with Gasteiger partial charge in [-0.3, -0.25) is 14.4 Å². The van der Waals surface area contributed by atoms with Gasteiger partial charge in [-0.05, 0) is 25.8 Å². The fourth-order valence-corrected chi connectivity index (χ4v) is 2.17. The summed E-state index contributed by atoms with van der Waals surface area (Å²) in [5.74, 6) is -0.457. The third kappa shape index (κ3) is 27.2. The average Bonchev–Trinajstić information content (AvgIpc) is 2.59. The zero-order chi connectivity index (χ0) is 20.0. The number of hydrogen-bond donors (Lipinski definition) is 4. The maximum atomic E-state index is 11.1. The molecule has 0 heterocycles. The van der Waals surface area contributed by atoms with E-state index in [9.17, 15) is 14.4 Å². The van der Waals surface area contributed by atoms with E-state index in [2.05, 4.69) is 17.6 Å². The number of carbonyl (C=O) groups excluding carboxylic acids is 3. The van der Waals surface area contributed by atoms with Gasteiger partial charge in [0.05, 0.1) is 0 Å². The lowest BCUT2D eigenvalue weighted by Crippen LogP contribution is -2.25. The molecular weight excluding hydrogens is 332 g/mol. The molecule has 0 unspecified atom stereocenters. The summed E-state index contributed by atoms with van der Waals surface area (Å²) in [5.41, 5.74) is 10.3. The molecule has 7 nitrogen and oxygen atoms in total. The molecule has 0 saturated heterocycles. The van der Waals surface area contributed by atoms with Crippen molar-refractivity contribution in [2.45, 2.75) is 84.5 Å². The molecule has 154 valence electrons. The van der Waals surface area contributed by atoms with E-state index in [4.69, 9.17) is 11.5 Å². The molecule has 0 aromatic carbocycles. The molecule has 0 radical (unpaired) electrons. The van der Waals surface area contributed by atoms with Crippen molar-refractivity contribution in [3.05, 3.63) is 0 Å². The van der Waals surface area contributed by atoms with Crippen LogP contribution in [0.2, 0.25) is 0 Å². The van der Waals surface area contributed by atoms with Crippen molar-refractivity contribution in [2.24, 2.45) is 11.5 Å². The topological polar surface area (TPSA) is 127 Å². The van der Waals surface area contributed by atoms with Crippen LogP contribution in [-0.2, 0) is 14.4 Å². The summed E-state index contributed by atoms with van der Waals surface area (Å²) in [6, 6.07) is 0. The molecule has 7 heteroatoms. The van der Waals surface area contributed by atoms with Crippen LogP contribution < -0.4 is 22.1 Å². The summed E-state index contributed by atoms with van der Waals surface area (Å²) >= 11 is 0. The fourth-order valence-electron chi connectivity index (χ4n) is 2.17. The number of rotatable bonds is 15. The molecule has 0 fully saturated rings. The van der Waals surface area contributed by atoms with E-state index >= 15 is 0 Å². The second kappa shape index (κ2) is 21.4. The molecule has 6 N–H and O–H groups in total. The Morgan fingerprint density at radius 2 is 1.31 bits per heavy atom. The summed E-state index contributed by atoms with van der Waals surface area (Å²) in [6.07, 6.45) is 10.8. The highest BCUT2D eigenvalue weighted by Crippen LogP contribution is 2.00. The molecule has 0 aliphatic carbocycles. The van der Waals surface area contributed by atoms with E-state index < -0.39 is 5.91 Å². The first kappa shape index (κ1) is 26.6. The Morgan fingerprint density at radius 1 is 0.769 bits per heavy atom. The van der Waals surface area contributed by atoms with Crippen LogP contribution in [0.25, 0.3) is 0 Å². The standard InChI is InChI=1S/C10H21N3O2.C9H19NO/c11-7-3-1-2-4-8-13-10(15)6-5-9(12)14;1-3-4-5-6-7-8-10-9(2)11/h1-8,11H2,(H2,12,14)(H,13,15);3-8H2,1-2H3,(H,10,11). The van der Waals surface area contributed by atoms with Crippen molar-refractivity contribution in [3.8, 4) is 0 Å². The number of carbonyl (C=O) groups is 3. The summed E-state index contributed by atoms with van der Waals surface area (Å²) in [4.78, 5) is 31.9. The van der Waals surface area contributed by atoms with Crippen molar-refractivity contribution in [2.75, 3.05) is 19.6 Å². The predicted molar refractivity (Wildman–Crippen MR) is 106 cm³/mol. The maximum absolute atomic E-state index is 11.1. The number of nitrogens with one attached hydrogen (secondary N) is 2. The highest BCUT2D eigenvalue weighted by Gasteiger charge is 2.02. The van der Waals surface area contributed by atoms with Crippen LogP contribution in [0.4, 0.5) is 0 Å². The van der Waals surface area contributed by atoms with Gasteiger partial charge in [-0.25, -0.2) is 0 Å². The summed E-state index contributed by atoms with van der Waals surface area (Å²) in [6.45, 7) is 6.01. The number of unbranched alkanes of at least 4 members (excludes halogenated alkanes) is 7. The van der Waals surface area contributed by atoms with Crippen LogP contribution in [-0.4, -0.2) is 37.4 Å². The van der Waals surface area contributed by atoms with E-state index in [-0.39, 0.29) is 24.7 Å². The highest BCUT2D eigenvalue weighted by molar-refractivity contribution is 5.82. The number of hydrogen-bond acceptors (Lipinski definition) is 4. The number of nitrogens with two attached hydrogens (primary N) is 2. The molecule has 0 atom stereocenters. The van der Waals surface area contributed by atoms with Gasteiger partial charge >= 0.3 is 0 Å². The first-order chi connectivity index (χ1) is 12.4. The quantitative estimate of drug-likeness (QED) is 0.328. The smallest absolute Gasteiger partial charge is 0.220 e. The molecule has 0 rings (SSSR count). The first-order valence-electron chi connectivity index (χ1n) is 9.93. The molecule has 0 aromatic rings. The third-order valence-electron chi connectivity index (χ3n) is 3.71. The van der Waals surface area contributed by atoms with E-state index in [1.807, 2.05) is 0 Å². The maximum Gasteiger partial charge on any atom is 0.220 e. The van der Waals surface area contributed by atoms with Gasteiger partial charge in [-0.2, -0.15) is 0 Å². The van der Waals surface area contributed by atoms with E-state index in [1.54, 1.807) is 6.92 Å². The molecular formula is C19H40N4O3. The number of amides is 3.